The van der Waals surface area contributed by atoms with Crippen LogP contribution in [-0.2, 0) is 4.79 Å². The summed E-state index contributed by atoms with van der Waals surface area (Å²) < 4.78 is 16.5. The van der Waals surface area contributed by atoms with Gasteiger partial charge in [-0.3, -0.25) is 9.59 Å². The van der Waals surface area contributed by atoms with Crippen molar-refractivity contribution in [3.8, 4) is 17.2 Å². The number of benzene rings is 2. The Balaban J connectivity index is 1.64. The van der Waals surface area contributed by atoms with Gasteiger partial charge in [0.1, 0.15) is 17.2 Å². The molecule has 2 rings (SSSR count). The first-order valence-electron chi connectivity index (χ1n) is 14.9. The first kappa shape index (κ1) is 32.2. The van der Waals surface area contributed by atoms with Crippen LogP contribution in [0.15, 0.2) is 42.5 Å². The molecular formula is C33H49NO5. The average Bonchev–Trinajstić information content (AvgIpc) is 2.95. The molecule has 0 saturated heterocycles. The van der Waals surface area contributed by atoms with Gasteiger partial charge in [0.05, 0.1) is 38.5 Å². The van der Waals surface area contributed by atoms with Crippen molar-refractivity contribution in [2.24, 2.45) is 0 Å². The third-order valence-electron chi connectivity index (χ3n) is 6.94. The van der Waals surface area contributed by atoms with Gasteiger partial charge < -0.3 is 19.5 Å². The zero-order valence-corrected chi connectivity index (χ0v) is 24.4. The van der Waals surface area contributed by atoms with Crippen molar-refractivity contribution in [3.63, 3.8) is 0 Å². The summed E-state index contributed by atoms with van der Waals surface area (Å²) in [5.41, 5.74) is 0.882. The highest BCUT2D eigenvalue weighted by Crippen LogP contribution is 2.29. The van der Waals surface area contributed by atoms with Crippen LogP contribution in [0, 0.1) is 0 Å². The van der Waals surface area contributed by atoms with Gasteiger partial charge in [0, 0.05) is 6.07 Å². The van der Waals surface area contributed by atoms with Crippen LogP contribution in [0.1, 0.15) is 114 Å². The Morgan fingerprint density at radius 3 is 1.87 bits per heavy atom. The van der Waals surface area contributed by atoms with Gasteiger partial charge in [-0.15, -0.1) is 0 Å². The van der Waals surface area contributed by atoms with Crippen LogP contribution in [0.3, 0.4) is 0 Å². The van der Waals surface area contributed by atoms with Crippen molar-refractivity contribution in [2.45, 2.75) is 103 Å². The van der Waals surface area contributed by atoms with Crippen molar-refractivity contribution >= 4 is 17.4 Å². The van der Waals surface area contributed by atoms with E-state index in [1.807, 2.05) is 6.07 Å². The lowest BCUT2D eigenvalue weighted by atomic mass is 10.0. The number of carbonyl (C=O) groups is 2. The SMILES string of the molecule is CCCCCCCCCCCCCCCCOc1ccccc1C(=O)CC(=O)Nc1cc(OC)ccc1OC. The summed E-state index contributed by atoms with van der Waals surface area (Å²) in [7, 11) is 3.07. The monoisotopic (exact) mass is 539 g/mol. The maximum Gasteiger partial charge on any atom is 0.232 e. The van der Waals surface area contributed by atoms with E-state index >= 15 is 0 Å². The number of nitrogens with one attached hydrogen (secondary N) is 1. The molecule has 0 heterocycles. The zero-order chi connectivity index (χ0) is 28.1. The van der Waals surface area contributed by atoms with Gasteiger partial charge in [0.2, 0.25) is 5.91 Å². The summed E-state index contributed by atoms with van der Waals surface area (Å²) in [5, 5.41) is 2.75. The second kappa shape index (κ2) is 20.0. The van der Waals surface area contributed by atoms with Crippen LogP contribution in [0.5, 0.6) is 17.2 Å². The summed E-state index contributed by atoms with van der Waals surface area (Å²) in [6, 6.07) is 12.2. The molecule has 0 aliphatic rings. The molecule has 6 heteroatoms. The first-order valence-corrected chi connectivity index (χ1v) is 14.9. The van der Waals surface area contributed by atoms with E-state index in [1.54, 1.807) is 43.5 Å². The van der Waals surface area contributed by atoms with E-state index in [-0.39, 0.29) is 12.2 Å². The molecule has 0 fully saturated rings. The highest BCUT2D eigenvalue weighted by molar-refractivity contribution is 6.12. The number of hydrogen-bond donors (Lipinski definition) is 1. The third-order valence-corrected chi connectivity index (χ3v) is 6.94. The maximum absolute atomic E-state index is 12.9. The predicted octanol–water partition coefficient (Wildman–Crippen LogP) is 8.78. The molecular weight excluding hydrogens is 490 g/mol. The molecule has 216 valence electrons. The molecule has 39 heavy (non-hydrogen) atoms. The van der Waals surface area contributed by atoms with Crippen LogP contribution < -0.4 is 19.5 Å². The number of ether oxygens (including phenoxy) is 3. The highest BCUT2D eigenvalue weighted by atomic mass is 16.5. The number of hydrogen-bond acceptors (Lipinski definition) is 5. The number of amides is 1. The molecule has 0 saturated carbocycles. The number of ketones is 1. The topological polar surface area (TPSA) is 73.9 Å². The summed E-state index contributed by atoms with van der Waals surface area (Å²) in [6.45, 7) is 2.83. The Labute approximate surface area is 235 Å². The quantitative estimate of drug-likeness (QED) is 0.0919. The molecule has 2 aromatic rings. The molecule has 0 aliphatic heterocycles. The van der Waals surface area contributed by atoms with E-state index in [0.29, 0.717) is 35.1 Å². The smallest absolute Gasteiger partial charge is 0.232 e. The van der Waals surface area contributed by atoms with Crippen LogP contribution in [0.4, 0.5) is 5.69 Å². The fourth-order valence-electron chi connectivity index (χ4n) is 4.65. The van der Waals surface area contributed by atoms with Crippen LogP contribution in [-0.4, -0.2) is 32.5 Å². The maximum atomic E-state index is 12.9. The molecule has 0 bridgehead atoms. The van der Waals surface area contributed by atoms with E-state index in [1.165, 1.54) is 84.2 Å². The fraction of sp³-hybridized carbons (Fsp3) is 0.576. The number of Topliss-reactive ketones (excluding diaryl/α,β-unsaturated/α-hetero) is 1. The summed E-state index contributed by atoms with van der Waals surface area (Å²) in [4.78, 5) is 25.5. The van der Waals surface area contributed by atoms with E-state index in [2.05, 4.69) is 12.2 Å². The minimum atomic E-state index is -0.423. The molecule has 0 aliphatic carbocycles. The Bertz CT molecular complexity index is 974. The molecule has 0 atom stereocenters. The van der Waals surface area contributed by atoms with Crippen molar-refractivity contribution in [2.75, 3.05) is 26.1 Å². The van der Waals surface area contributed by atoms with Crippen LogP contribution in [0.2, 0.25) is 0 Å². The third kappa shape index (κ3) is 13.1. The molecule has 0 unspecified atom stereocenters. The van der Waals surface area contributed by atoms with Crippen molar-refractivity contribution in [3.05, 3.63) is 48.0 Å². The van der Waals surface area contributed by atoms with E-state index < -0.39 is 5.91 Å². The Morgan fingerprint density at radius 2 is 1.28 bits per heavy atom. The van der Waals surface area contributed by atoms with E-state index in [4.69, 9.17) is 14.2 Å². The van der Waals surface area contributed by atoms with E-state index in [9.17, 15) is 9.59 Å². The largest absolute Gasteiger partial charge is 0.497 e. The summed E-state index contributed by atoms with van der Waals surface area (Å²) in [5.74, 6) is 0.899. The van der Waals surface area contributed by atoms with Crippen molar-refractivity contribution in [1.29, 1.82) is 0 Å². The Hall–Kier alpha value is -3.02. The van der Waals surface area contributed by atoms with Crippen LogP contribution >= 0.6 is 0 Å². The molecule has 0 spiro atoms. The lowest BCUT2D eigenvalue weighted by molar-refractivity contribution is -0.115. The number of para-hydroxylation sites is 1. The Kier molecular flexibility index (Phi) is 16.5. The summed E-state index contributed by atoms with van der Waals surface area (Å²) >= 11 is 0. The minimum absolute atomic E-state index is 0.286. The molecule has 0 radical (unpaired) electrons. The van der Waals surface area contributed by atoms with Gasteiger partial charge in [-0.2, -0.15) is 0 Å². The average molecular weight is 540 g/mol. The van der Waals surface area contributed by atoms with Gasteiger partial charge in [0.25, 0.3) is 0 Å². The van der Waals surface area contributed by atoms with E-state index in [0.717, 1.165) is 12.8 Å². The lowest BCUT2D eigenvalue weighted by Gasteiger charge is -2.13. The molecule has 1 N–H and O–H groups in total. The van der Waals surface area contributed by atoms with Crippen molar-refractivity contribution < 1.29 is 23.8 Å². The second-order valence-electron chi connectivity index (χ2n) is 10.2. The van der Waals surface area contributed by atoms with Crippen LogP contribution in [0.25, 0.3) is 0 Å². The number of methoxy groups -OCH3 is 2. The lowest BCUT2D eigenvalue weighted by Crippen LogP contribution is -2.17. The second-order valence-corrected chi connectivity index (χ2v) is 10.2. The predicted molar refractivity (Wildman–Crippen MR) is 159 cm³/mol. The van der Waals surface area contributed by atoms with Gasteiger partial charge in [-0.1, -0.05) is 103 Å². The molecule has 0 aromatic heterocycles. The standard InChI is InChI=1S/C33H49NO5/c1-4-5-6-7-8-9-10-11-12-13-14-15-16-19-24-39-31-21-18-17-20-28(31)30(35)26-33(36)34-29-25-27(37-2)22-23-32(29)38-3/h17-18,20-23,25H,4-16,19,24,26H2,1-3H3,(H,34,36). The fourth-order valence-corrected chi connectivity index (χ4v) is 4.65. The van der Waals surface area contributed by atoms with Gasteiger partial charge in [0.15, 0.2) is 5.78 Å². The number of anilines is 1. The number of rotatable bonds is 22. The highest BCUT2D eigenvalue weighted by Gasteiger charge is 2.17. The zero-order valence-electron chi connectivity index (χ0n) is 24.4. The molecule has 1 amide bonds. The van der Waals surface area contributed by atoms with Gasteiger partial charge >= 0.3 is 0 Å². The first-order chi connectivity index (χ1) is 19.1. The number of carbonyl (C=O) groups excluding carboxylic acids is 2. The van der Waals surface area contributed by atoms with Crippen molar-refractivity contribution in [1.82, 2.24) is 0 Å². The summed E-state index contributed by atoms with van der Waals surface area (Å²) in [6.07, 6.45) is 18.0. The Morgan fingerprint density at radius 1 is 0.692 bits per heavy atom. The molecule has 2 aromatic carbocycles. The normalized spacial score (nSPS) is 10.7. The van der Waals surface area contributed by atoms with Gasteiger partial charge in [-0.05, 0) is 30.7 Å². The minimum Gasteiger partial charge on any atom is -0.497 e. The van der Waals surface area contributed by atoms with Gasteiger partial charge in [-0.25, -0.2) is 0 Å². The molecule has 6 nitrogen and oxygen atoms in total. The number of unbranched alkanes of at least 4 members (excludes halogenated alkanes) is 13.